The van der Waals surface area contributed by atoms with Crippen molar-refractivity contribution >= 4 is 29.1 Å². The molecule has 1 fully saturated rings. The second-order valence-electron chi connectivity index (χ2n) is 5.55. The molecule has 2 heterocycles. The van der Waals surface area contributed by atoms with E-state index in [1.807, 2.05) is 0 Å². The van der Waals surface area contributed by atoms with Crippen LogP contribution in [0.4, 0.5) is 4.39 Å². The Morgan fingerprint density at radius 3 is 2.58 bits per heavy atom. The number of halogens is 3. The average molecular weight is 369 g/mol. The van der Waals surface area contributed by atoms with Crippen molar-refractivity contribution in [1.82, 2.24) is 9.88 Å². The number of pyridine rings is 1. The van der Waals surface area contributed by atoms with Crippen LogP contribution in [0.3, 0.4) is 0 Å². The van der Waals surface area contributed by atoms with Crippen molar-refractivity contribution in [2.24, 2.45) is 0 Å². The molecule has 126 valence electrons. The standard InChI is InChI=1S/C17H15Cl2FN2O2/c18-11-1-4-16(21-10-11)24-13-5-7-22(8-6-13)17(23)14-3-2-12(20)9-15(14)19/h1-4,9-10,13H,5-8H2. The Morgan fingerprint density at radius 2 is 1.96 bits per heavy atom. The lowest BCUT2D eigenvalue weighted by Crippen LogP contribution is -2.42. The number of carbonyl (C=O) groups is 1. The minimum Gasteiger partial charge on any atom is -0.474 e. The molecule has 2 aromatic rings. The summed E-state index contributed by atoms with van der Waals surface area (Å²) in [7, 11) is 0. The summed E-state index contributed by atoms with van der Waals surface area (Å²) < 4.78 is 18.9. The van der Waals surface area contributed by atoms with E-state index in [9.17, 15) is 9.18 Å². The number of likely N-dealkylation sites (tertiary alicyclic amines) is 1. The number of aromatic nitrogens is 1. The van der Waals surface area contributed by atoms with Gasteiger partial charge < -0.3 is 9.64 Å². The summed E-state index contributed by atoms with van der Waals surface area (Å²) in [5.41, 5.74) is 0.316. The summed E-state index contributed by atoms with van der Waals surface area (Å²) in [4.78, 5) is 18.3. The first kappa shape index (κ1) is 17.0. The zero-order chi connectivity index (χ0) is 17.1. The van der Waals surface area contributed by atoms with Gasteiger partial charge in [-0.1, -0.05) is 23.2 Å². The Morgan fingerprint density at radius 1 is 1.21 bits per heavy atom. The summed E-state index contributed by atoms with van der Waals surface area (Å²) in [5, 5.41) is 0.683. The first-order valence-corrected chi connectivity index (χ1v) is 8.31. The van der Waals surface area contributed by atoms with Gasteiger partial charge in [0.25, 0.3) is 5.91 Å². The molecule has 0 radical (unpaired) electrons. The topological polar surface area (TPSA) is 42.4 Å². The monoisotopic (exact) mass is 368 g/mol. The molecule has 0 unspecified atom stereocenters. The van der Waals surface area contributed by atoms with E-state index in [1.165, 1.54) is 18.3 Å². The van der Waals surface area contributed by atoms with Crippen LogP contribution in [0.15, 0.2) is 36.5 Å². The Bertz CT molecular complexity index is 732. The molecule has 1 aromatic carbocycles. The molecule has 1 aliphatic heterocycles. The maximum absolute atomic E-state index is 13.1. The van der Waals surface area contributed by atoms with Crippen molar-refractivity contribution in [2.45, 2.75) is 18.9 Å². The zero-order valence-corrected chi connectivity index (χ0v) is 14.2. The number of amides is 1. The third-order valence-electron chi connectivity index (χ3n) is 3.88. The molecular weight excluding hydrogens is 354 g/mol. The number of benzene rings is 1. The Hall–Kier alpha value is -1.85. The van der Waals surface area contributed by atoms with Gasteiger partial charge in [-0.3, -0.25) is 4.79 Å². The van der Waals surface area contributed by atoms with E-state index < -0.39 is 5.82 Å². The third-order valence-corrected chi connectivity index (χ3v) is 4.41. The van der Waals surface area contributed by atoms with Crippen molar-refractivity contribution in [2.75, 3.05) is 13.1 Å². The van der Waals surface area contributed by atoms with E-state index in [1.54, 1.807) is 17.0 Å². The predicted octanol–water partition coefficient (Wildman–Crippen LogP) is 4.21. The van der Waals surface area contributed by atoms with E-state index in [-0.39, 0.29) is 17.0 Å². The molecule has 7 heteroatoms. The summed E-state index contributed by atoms with van der Waals surface area (Å²) in [5.74, 6) is -0.132. The van der Waals surface area contributed by atoms with Gasteiger partial charge in [0, 0.05) is 38.2 Å². The van der Waals surface area contributed by atoms with Crippen LogP contribution in [-0.2, 0) is 0 Å². The van der Waals surface area contributed by atoms with Gasteiger partial charge in [0.2, 0.25) is 5.88 Å². The molecule has 24 heavy (non-hydrogen) atoms. The molecule has 1 amide bonds. The van der Waals surface area contributed by atoms with Gasteiger partial charge in [-0.25, -0.2) is 9.37 Å². The Balaban J connectivity index is 1.58. The highest BCUT2D eigenvalue weighted by atomic mass is 35.5. The minimum absolute atomic E-state index is 0.00795. The van der Waals surface area contributed by atoms with Crippen LogP contribution in [0.1, 0.15) is 23.2 Å². The molecule has 3 rings (SSSR count). The molecule has 1 saturated heterocycles. The largest absolute Gasteiger partial charge is 0.474 e. The molecule has 0 N–H and O–H groups in total. The van der Waals surface area contributed by atoms with Gasteiger partial charge in [0.05, 0.1) is 15.6 Å². The van der Waals surface area contributed by atoms with Crippen LogP contribution < -0.4 is 4.74 Å². The zero-order valence-electron chi connectivity index (χ0n) is 12.7. The smallest absolute Gasteiger partial charge is 0.255 e. The van der Waals surface area contributed by atoms with Crippen molar-refractivity contribution < 1.29 is 13.9 Å². The van der Waals surface area contributed by atoms with Crippen LogP contribution in [-0.4, -0.2) is 35.0 Å². The van der Waals surface area contributed by atoms with E-state index in [0.29, 0.717) is 42.4 Å². The van der Waals surface area contributed by atoms with Crippen LogP contribution in [0.2, 0.25) is 10.0 Å². The van der Waals surface area contributed by atoms with Gasteiger partial charge in [-0.2, -0.15) is 0 Å². The molecule has 0 saturated carbocycles. The number of hydrogen-bond acceptors (Lipinski definition) is 3. The predicted molar refractivity (Wildman–Crippen MR) is 90.2 cm³/mol. The van der Waals surface area contributed by atoms with Crippen molar-refractivity contribution in [1.29, 1.82) is 0 Å². The normalized spacial score (nSPS) is 15.4. The van der Waals surface area contributed by atoms with Gasteiger partial charge in [0.1, 0.15) is 11.9 Å². The molecule has 4 nitrogen and oxygen atoms in total. The number of piperidine rings is 1. The number of ether oxygens (including phenoxy) is 1. The van der Waals surface area contributed by atoms with E-state index in [0.717, 1.165) is 6.07 Å². The van der Waals surface area contributed by atoms with Crippen molar-refractivity contribution in [3.05, 3.63) is 58.0 Å². The molecule has 1 aromatic heterocycles. The highest BCUT2D eigenvalue weighted by Gasteiger charge is 2.26. The molecule has 0 aliphatic carbocycles. The average Bonchev–Trinajstić information content (AvgIpc) is 2.57. The first-order chi connectivity index (χ1) is 11.5. The molecule has 1 aliphatic rings. The number of hydrogen-bond donors (Lipinski definition) is 0. The van der Waals surface area contributed by atoms with Gasteiger partial charge >= 0.3 is 0 Å². The maximum atomic E-state index is 13.1. The minimum atomic E-state index is -0.459. The fraction of sp³-hybridized carbons (Fsp3) is 0.294. The second kappa shape index (κ2) is 7.36. The number of carbonyl (C=O) groups excluding carboxylic acids is 1. The summed E-state index contributed by atoms with van der Waals surface area (Å²) >= 11 is 11.8. The third kappa shape index (κ3) is 3.97. The summed E-state index contributed by atoms with van der Waals surface area (Å²) in [6, 6.07) is 7.25. The molecule has 0 atom stereocenters. The second-order valence-corrected chi connectivity index (χ2v) is 6.39. The van der Waals surface area contributed by atoms with E-state index in [2.05, 4.69) is 4.98 Å². The van der Waals surface area contributed by atoms with Crippen molar-refractivity contribution in [3.63, 3.8) is 0 Å². The fourth-order valence-electron chi connectivity index (χ4n) is 2.61. The number of rotatable bonds is 3. The SMILES string of the molecule is O=C(c1ccc(F)cc1Cl)N1CCC(Oc2ccc(Cl)cn2)CC1. The van der Waals surface area contributed by atoms with Gasteiger partial charge in [0.15, 0.2) is 0 Å². The lowest BCUT2D eigenvalue weighted by Gasteiger charge is -2.32. The molecular formula is C17H15Cl2FN2O2. The van der Waals surface area contributed by atoms with Crippen LogP contribution in [0.25, 0.3) is 0 Å². The summed E-state index contributed by atoms with van der Waals surface area (Å²) in [6.45, 7) is 1.09. The molecule has 0 spiro atoms. The van der Waals surface area contributed by atoms with Crippen LogP contribution in [0.5, 0.6) is 5.88 Å². The number of nitrogens with zero attached hydrogens (tertiary/aromatic N) is 2. The fourth-order valence-corrected chi connectivity index (χ4v) is 2.97. The quantitative estimate of drug-likeness (QED) is 0.814. The van der Waals surface area contributed by atoms with Gasteiger partial charge in [-0.15, -0.1) is 0 Å². The van der Waals surface area contributed by atoms with E-state index in [4.69, 9.17) is 27.9 Å². The highest BCUT2D eigenvalue weighted by molar-refractivity contribution is 6.33. The Kier molecular flexibility index (Phi) is 5.21. The van der Waals surface area contributed by atoms with Crippen LogP contribution in [0, 0.1) is 5.82 Å². The van der Waals surface area contributed by atoms with Crippen LogP contribution >= 0.6 is 23.2 Å². The van der Waals surface area contributed by atoms with Crippen molar-refractivity contribution in [3.8, 4) is 5.88 Å². The Labute approximate surface area is 149 Å². The first-order valence-electron chi connectivity index (χ1n) is 7.55. The molecule has 0 bridgehead atoms. The van der Waals surface area contributed by atoms with E-state index >= 15 is 0 Å². The summed E-state index contributed by atoms with van der Waals surface area (Å²) in [6.07, 6.45) is 2.90. The van der Waals surface area contributed by atoms with Gasteiger partial charge in [-0.05, 0) is 24.3 Å². The maximum Gasteiger partial charge on any atom is 0.255 e. The lowest BCUT2D eigenvalue weighted by molar-refractivity contribution is 0.0588. The highest BCUT2D eigenvalue weighted by Crippen LogP contribution is 2.23. The lowest BCUT2D eigenvalue weighted by atomic mass is 10.1.